The molecule has 0 fully saturated rings. The molecule has 0 aliphatic carbocycles. The van der Waals surface area contributed by atoms with Gasteiger partial charge in [0, 0.05) is 23.1 Å². The number of nitrogens with one attached hydrogen (secondary N) is 2. The monoisotopic (exact) mass is 387 g/mol. The lowest BCUT2D eigenvalue weighted by atomic mass is 9.87. The van der Waals surface area contributed by atoms with Gasteiger partial charge in [0.05, 0.1) is 5.56 Å². The number of benzene rings is 2. The number of ketones is 1. The van der Waals surface area contributed by atoms with Crippen LogP contribution in [0.1, 0.15) is 54.0 Å². The van der Waals surface area contributed by atoms with Gasteiger partial charge in [0.15, 0.2) is 5.78 Å². The number of pyridine rings is 1. The largest absolute Gasteiger partial charge is 0.340 e. The number of aromatic nitrogens is 1. The van der Waals surface area contributed by atoms with Gasteiger partial charge in [-0.05, 0) is 66.4 Å². The van der Waals surface area contributed by atoms with E-state index in [0.29, 0.717) is 16.9 Å². The van der Waals surface area contributed by atoms with Crippen molar-refractivity contribution >= 4 is 28.9 Å². The number of hydrogen-bond acceptors (Lipinski definition) is 4. The molecule has 0 atom stereocenters. The maximum absolute atomic E-state index is 12.5. The van der Waals surface area contributed by atoms with E-state index >= 15 is 0 Å². The number of anilines is 3. The molecular formula is C24H25N3O2. The molecule has 0 unspecified atom stereocenters. The van der Waals surface area contributed by atoms with E-state index in [2.05, 4.69) is 36.4 Å². The first-order chi connectivity index (χ1) is 13.7. The molecule has 0 aliphatic rings. The van der Waals surface area contributed by atoms with E-state index in [4.69, 9.17) is 0 Å². The molecule has 1 aromatic heterocycles. The Balaban J connectivity index is 1.63. The highest BCUT2D eigenvalue weighted by Gasteiger charge is 2.13. The quantitative estimate of drug-likeness (QED) is 0.561. The molecule has 2 aromatic carbocycles. The fraction of sp³-hybridized carbons (Fsp3) is 0.208. The summed E-state index contributed by atoms with van der Waals surface area (Å²) in [6.45, 7) is 7.99. The highest BCUT2D eigenvalue weighted by Crippen LogP contribution is 2.23. The summed E-state index contributed by atoms with van der Waals surface area (Å²) < 4.78 is 0. The fourth-order valence-corrected chi connectivity index (χ4v) is 2.80. The number of rotatable bonds is 5. The van der Waals surface area contributed by atoms with E-state index in [1.54, 1.807) is 24.3 Å². The van der Waals surface area contributed by atoms with Crippen molar-refractivity contribution in [2.45, 2.75) is 33.1 Å². The molecule has 2 N–H and O–H groups in total. The molecule has 5 nitrogen and oxygen atoms in total. The Kier molecular flexibility index (Phi) is 5.78. The van der Waals surface area contributed by atoms with Crippen molar-refractivity contribution < 1.29 is 9.59 Å². The van der Waals surface area contributed by atoms with E-state index in [1.807, 2.05) is 36.4 Å². The van der Waals surface area contributed by atoms with Crippen LogP contribution in [-0.4, -0.2) is 16.7 Å². The average molecular weight is 387 g/mol. The smallest absolute Gasteiger partial charge is 0.257 e. The predicted molar refractivity (Wildman–Crippen MR) is 117 cm³/mol. The van der Waals surface area contributed by atoms with Crippen molar-refractivity contribution in [1.82, 2.24) is 4.98 Å². The number of nitrogens with zero attached hydrogens (tertiary/aromatic N) is 1. The van der Waals surface area contributed by atoms with E-state index in [-0.39, 0.29) is 17.1 Å². The molecule has 3 rings (SSSR count). The van der Waals surface area contributed by atoms with Crippen molar-refractivity contribution in [3.05, 3.63) is 83.6 Å². The molecule has 0 spiro atoms. The zero-order valence-corrected chi connectivity index (χ0v) is 17.1. The summed E-state index contributed by atoms with van der Waals surface area (Å²) in [5.74, 6) is 0.433. The van der Waals surface area contributed by atoms with Crippen LogP contribution in [0.2, 0.25) is 0 Å². The summed E-state index contributed by atoms with van der Waals surface area (Å²) in [6, 6.07) is 18.5. The third-order valence-electron chi connectivity index (χ3n) is 4.60. The molecule has 3 aromatic rings. The van der Waals surface area contributed by atoms with Crippen LogP contribution in [0.4, 0.5) is 17.2 Å². The molecule has 148 valence electrons. The van der Waals surface area contributed by atoms with Gasteiger partial charge in [-0.1, -0.05) is 32.9 Å². The van der Waals surface area contributed by atoms with Crippen LogP contribution in [-0.2, 0) is 5.41 Å². The molecule has 0 saturated heterocycles. The van der Waals surface area contributed by atoms with Gasteiger partial charge in [-0.25, -0.2) is 4.98 Å². The van der Waals surface area contributed by atoms with Gasteiger partial charge in [0.2, 0.25) is 0 Å². The summed E-state index contributed by atoms with van der Waals surface area (Å²) >= 11 is 0. The summed E-state index contributed by atoms with van der Waals surface area (Å²) in [7, 11) is 0. The second-order valence-electron chi connectivity index (χ2n) is 7.97. The minimum atomic E-state index is -0.210. The van der Waals surface area contributed by atoms with Gasteiger partial charge in [-0.3, -0.25) is 9.59 Å². The predicted octanol–water partition coefficient (Wildman–Crippen LogP) is 5.58. The summed E-state index contributed by atoms with van der Waals surface area (Å²) in [5.41, 5.74) is 3.98. The van der Waals surface area contributed by atoms with Crippen LogP contribution in [0.15, 0.2) is 66.9 Å². The van der Waals surface area contributed by atoms with Gasteiger partial charge >= 0.3 is 0 Å². The molecule has 0 aliphatic heterocycles. The number of carbonyl (C=O) groups is 2. The molecular weight excluding hydrogens is 362 g/mol. The zero-order chi connectivity index (χ0) is 21.0. The Morgan fingerprint density at radius 1 is 0.793 bits per heavy atom. The van der Waals surface area contributed by atoms with Crippen molar-refractivity contribution in [3.8, 4) is 0 Å². The number of carbonyl (C=O) groups excluding carboxylic acids is 2. The third kappa shape index (κ3) is 5.29. The Bertz CT molecular complexity index is 1000. The van der Waals surface area contributed by atoms with Gasteiger partial charge in [0.1, 0.15) is 5.82 Å². The van der Waals surface area contributed by atoms with Crippen molar-refractivity contribution in [2.24, 2.45) is 0 Å². The minimum Gasteiger partial charge on any atom is -0.340 e. The van der Waals surface area contributed by atoms with Crippen LogP contribution in [0.25, 0.3) is 0 Å². The summed E-state index contributed by atoms with van der Waals surface area (Å²) in [6.07, 6.45) is 1.53. The van der Waals surface area contributed by atoms with Crippen LogP contribution in [0.3, 0.4) is 0 Å². The second kappa shape index (κ2) is 8.27. The fourth-order valence-electron chi connectivity index (χ4n) is 2.80. The Labute approximate surface area is 171 Å². The Morgan fingerprint density at radius 2 is 1.38 bits per heavy atom. The maximum Gasteiger partial charge on any atom is 0.257 e. The maximum atomic E-state index is 12.5. The van der Waals surface area contributed by atoms with Crippen LogP contribution < -0.4 is 10.6 Å². The molecule has 1 heterocycles. The lowest BCUT2D eigenvalue weighted by Crippen LogP contribution is -2.14. The molecule has 5 heteroatoms. The number of Topliss-reactive ketones (excluding diaryl/α,β-unsaturated/α-hetero) is 1. The van der Waals surface area contributed by atoms with E-state index in [9.17, 15) is 9.59 Å². The van der Waals surface area contributed by atoms with Gasteiger partial charge in [0.25, 0.3) is 5.91 Å². The SMILES string of the molecule is CC(=O)c1ccc(Nc2ccc(C(=O)Nc3ccc(C(C)(C)C)cc3)cn2)cc1. The Morgan fingerprint density at radius 3 is 1.90 bits per heavy atom. The Hall–Kier alpha value is -3.47. The van der Waals surface area contributed by atoms with Crippen molar-refractivity contribution in [1.29, 1.82) is 0 Å². The number of hydrogen-bond donors (Lipinski definition) is 2. The first kappa shape index (κ1) is 20.3. The van der Waals surface area contributed by atoms with Crippen LogP contribution in [0.5, 0.6) is 0 Å². The highest BCUT2D eigenvalue weighted by molar-refractivity contribution is 6.04. The van der Waals surface area contributed by atoms with Gasteiger partial charge in [-0.2, -0.15) is 0 Å². The third-order valence-corrected chi connectivity index (χ3v) is 4.60. The lowest BCUT2D eigenvalue weighted by molar-refractivity contribution is 0.101. The molecule has 0 saturated carbocycles. The molecule has 29 heavy (non-hydrogen) atoms. The standard InChI is InChI=1S/C24H25N3O2/c1-16(28)17-5-10-20(11-6-17)26-22-14-7-18(15-25-22)23(29)27-21-12-8-19(9-13-21)24(2,3)4/h5-15H,1-4H3,(H,25,26)(H,27,29). The molecule has 1 amide bonds. The van der Waals surface area contributed by atoms with Gasteiger partial charge in [-0.15, -0.1) is 0 Å². The van der Waals surface area contributed by atoms with Crippen LogP contribution in [0, 0.1) is 0 Å². The van der Waals surface area contributed by atoms with E-state index in [1.165, 1.54) is 18.7 Å². The topological polar surface area (TPSA) is 71.1 Å². The summed E-state index contributed by atoms with van der Waals surface area (Å²) in [4.78, 5) is 28.1. The zero-order valence-electron chi connectivity index (χ0n) is 17.1. The van der Waals surface area contributed by atoms with Gasteiger partial charge < -0.3 is 10.6 Å². The minimum absolute atomic E-state index is 0.0260. The van der Waals surface area contributed by atoms with Crippen molar-refractivity contribution in [3.63, 3.8) is 0 Å². The normalized spacial score (nSPS) is 11.0. The van der Waals surface area contributed by atoms with E-state index in [0.717, 1.165) is 11.4 Å². The average Bonchev–Trinajstić information content (AvgIpc) is 2.68. The highest BCUT2D eigenvalue weighted by atomic mass is 16.1. The first-order valence-electron chi connectivity index (χ1n) is 9.48. The van der Waals surface area contributed by atoms with Crippen LogP contribution >= 0.6 is 0 Å². The molecule has 0 radical (unpaired) electrons. The summed E-state index contributed by atoms with van der Waals surface area (Å²) in [5, 5.41) is 6.04. The number of amides is 1. The first-order valence-corrected chi connectivity index (χ1v) is 9.48. The second-order valence-corrected chi connectivity index (χ2v) is 7.97. The van der Waals surface area contributed by atoms with E-state index < -0.39 is 0 Å². The molecule has 0 bridgehead atoms. The van der Waals surface area contributed by atoms with Crippen molar-refractivity contribution in [2.75, 3.05) is 10.6 Å². The lowest BCUT2D eigenvalue weighted by Gasteiger charge is -2.19.